The van der Waals surface area contributed by atoms with Gasteiger partial charge in [-0.25, -0.2) is 8.78 Å². The summed E-state index contributed by atoms with van der Waals surface area (Å²) < 4.78 is 27.4. The summed E-state index contributed by atoms with van der Waals surface area (Å²) in [5.74, 6) is -2.21. The van der Waals surface area contributed by atoms with Crippen molar-refractivity contribution in [1.82, 2.24) is 0 Å². The summed E-state index contributed by atoms with van der Waals surface area (Å²) in [5.41, 5.74) is -0.733. The van der Waals surface area contributed by atoms with Crippen molar-refractivity contribution in [2.24, 2.45) is 0 Å². The maximum Gasteiger partial charge on any atom is 0.178 e. The van der Waals surface area contributed by atoms with Gasteiger partial charge in [0.15, 0.2) is 5.78 Å². The highest BCUT2D eigenvalue weighted by atomic mass is 19.1. The van der Waals surface area contributed by atoms with Gasteiger partial charge in [0.05, 0.1) is 11.0 Å². The van der Waals surface area contributed by atoms with Crippen molar-refractivity contribution in [2.75, 3.05) is 0 Å². The Balaban J connectivity index is 2.50. The van der Waals surface area contributed by atoms with Crippen LogP contribution in [0, 0.1) is 11.6 Å². The van der Waals surface area contributed by atoms with Crippen LogP contribution in [0.15, 0.2) is 48.5 Å². The molecule has 19 heavy (non-hydrogen) atoms. The van der Waals surface area contributed by atoms with E-state index in [1.165, 1.54) is 6.07 Å². The van der Waals surface area contributed by atoms with Crippen molar-refractivity contribution < 1.29 is 13.6 Å². The molecule has 0 spiro atoms. The second-order valence-corrected chi connectivity index (χ2v) is 4.92. The molecule has 0 atom stereocenters. The monoisotopic (exact) mass is 260 g/mol. The minimum absolute atomic E-state index is 0.476. The predicted molar refractivity (Wildman–Crippen MR) is 70.2 cm³/mol. The van der Waals surface area contributed by atoms with Gasteiger partial charge in [-0.15, -0.1) is 0 Å². The fraction of sp³-hybridized carbons (Fsp3) is 0.188. The van der Waals surface area contributed by atoms with Crippen molar-refractivity contribution in [2.45, 2.75) is 19.3 Å². The van der Waals surface area contributed by atoms with Crippen molar-refractivity contribution in [3.8, 4) is 0 Å². The van der Waals surface area contributed by atoms with Gasteiger partial charge in [-0.1, -0.05) is 36.4 Å². The lowest BCUT2D eigenvalue weighted by atomic mass is 9.78. The number of halogens is 2. The van der Waals surface area contributed by atoms with E-state index in [1.807, 2.05) is 6.07 Å². The maximum atomic E-state index is 13.7. The Hall–Kier alpha value is -2.03. The number of hydrogen-bond acceptors (Lipinski definition) is 1. The zero-order valence-electron chi connectivity index (χ0n) is 10.8. The molecule has 0 heterocycles. The molecule has 2 rings (SSSR count). The maximum absolute atomic E-state index is 13.7. The average Bonchev–Trinajstić information content (AvgIpc) is 2.39. The summed E-state index contributed by atoms with van der Waals surface area (Å²) in [6.45, 7) is 3.33. The molecule has 0 N–H and O–H groups in total. The Morgan fingerprint density at radius 3 is 1.95 bits per heavy atom. The minimum Gasteiger partial charge on any atom is -0.293 e. The second-order valence-electron chi connectivity index (χ2n) is 4.92. The number of ketones is 1. The Morgan fingerprint density at radius 2 is 1.42 bits per heavy atom. The molecule has 0 aliphatic heterocycles. The molecule has 1 nitrogen and oxygen atoms in total. The number of carbonyl (C=O) groups is 1. The zero-order valence-corrected chi connectivity index (χ0v) is 10.8. The molecular formula is C16H14F2O. The quantitative estimate of drug-likeness (QED) is 0.758. The van der Waals surface area contributed by atoms with Crippen LogP contribution in [0.5, 0.6) is 0 Å². The van der Waals surface area contributed by atoms with Crippen molar-refractivity contribution >= 4 is 5.78 Å². The molecule has 0 unspecified atom stereocenters. The lowest BCUT2D eigenvalue weighted by Crippen LogP contribution is -2.30. The summed E-state index contributed by atoms with van der Waals surface area (Å²) in [7, 11) is 0. The summed E-state index contributed by atoms with van der Waals surface area (Å²) in [6.07, 6.45) is 0. The number of rotatable bonds is 3. The molecule has 2 aromatic carbocycles. The van der Waals surface area contributed by atoms with Gasteiger partial charge < -0.3 is 0 Å². The van der Waals surface area contributed by atoms with E-state index < -0.39 is 28.4 Å². The van der Waals surface area contributed by atoms with E-state index in [1.54, 1.807) is 38.1 Å². The van der Waals surface area contributed by atoms with Crippen LogP contribution in [0.3, 0.4) is 0 Å². The van der Waals surface area contributed by atoms with E-state index >= 15 is 0 Å². The molecule has 0 aliphatic carbocycles. The Morgan fingerprint density at radius 1 is 0.895 bits per heavy atom. The highest BCUT2D eigenvalue weighted by Crippen LogP contribution is 2.29. The molecule has 0 aromatic heterocycles. The summed E-state index contributed by atoms with van der Waals surface area (Å²) in [4.78, 5) is 12.4. The first kappa shape index (κ1) is 13.4. The van der Waals surface area contributed by atoms with Crippen LogP contribution in [0.1, 0.15) is 29.8 Å². The van der Waals surface area contributed by atoms with E-state index in [9.17, 15) is 13.6 Å². The molecule has 0 fully saturated rings. The summed E-state index contributed by atoms with van der Waals surface area (Å²) in [5, 5.41) is 0. The molecule has 2 aromatic rings. The number of benzene rings is 2. The van der Waals surface area contributed by atoms with Gasteiger partial charge in [-0.2, -0.15) is 0 Å². The zero-order chi connectivity index (χ0) is 14.0. The molecule has 0 saturated carbocycles. The Kier molecular flexibility index (Phi) is 3.47. The molecule has 0 bridgehead atoms. The predicted octanol–water partition coefficient (Wildman–Crippen LogP) is 4.13. The van der Waals surface area contributed by atoms with Gasteiger partial charge in [-0.05, 0) is 31.5 Å². The number of Topliss-reactive ketones (excluding diaryl/α,β-unsaturated/α-hetero) is 1. The van der Waals surface area contributed by atoms with Crippen molar-refractivity contribution in [3.63, 3.8) is 0 Å². The van der Waals surface area contributed by atoms with E-state index in [2.05, 4.69) is 0 Å². The first-order valence-corrected chi connectivity index (χ1v) is 5.99. The minimum atomic E-state index is -0.982. The van der Waals surface area contributed by atoms with E-state index in [0.29, 0.717) is 0 Å². The second kappa shape index (κ2) is 4.92. The van der Waals surface area contributed by atoms with Gasteiger partial charge in [-0.3, -0.25) is 4.79 Å². The summed E-state index contributed by atoms with van der Waals surface area (Å²) >= 11 is 0. The van der Waals surface area contributed by atoms with Crippen LogP contribution in [0.25, 0.3) is 0 Å². The molecule has 3 heteroatoms. The molecule has 0 amide bonds. The van der Waals surface area contributed by atoms with Gasteiger partial charge in [0.25, 0.3) is 0 Å². The van der Waals surface area contributed by atoms with Crippen LogP contribution in [-0.2, 0) is 5.41 Å². The van der Waals surface area contributed by atoms with Crippen LogP contribution in [0.4, 0.5) is 8.78 Å². The van der Waals surface area contributed by atoms with Crippen LogP contribution < -0.4 is 0 Å². The average molecular weight is 260 g/mol. The topological polar surface area (TPSA) is 17.1 Å². The normalized spacial score (nSPS) is 11.4. The highest BCUT2D eigenvalue weighted by molar-refractivity contribution is 6.03. The molecule has 0 aliphatic rings. The van der Waals surface area contributed by atoms with Gasteiger partial charge in [0, 0.05) is 0 Å². The third kappa shape index (κ3) is 2.41. The SMILES string of the molecule is CC(C)(C(=O)c1c(F)cccc1F)c1ccccc1. The smallest absolute Gasteiger partial charge is 0.178 e. The third-order valence-corrected chi connectivity index (χ3v) is 3.25. The van der Waals surface area contributed by atoms with Crippen molar-refractivity contribution in [1.29, 1.82) is 0 Å². The fourth-order valence-corrected chi connectivity index (χ4v) is 2.01. The first-order chi connectivity index (χ1) is 8.94. The standard InChI is InChI=1S/C16H14F2O/c1-16(2,11-7-4-3-5-8-11)15(19)14-12(17)9-6-10-13(14)18/h3-10H,1-2H3. The van der Waals surface area contributed by atoms with Gasteiger partial charge in [0.1, 0.15) is 11.6 Å². The molecule has 98 valence electrons. The largest absolute Gasteiger partial charge is 0.293 e. The Bertz CT molecular complexity index is 583. The molecule has 0 radical (unpaired) electrons. The first-order valence-electron chi connectivity index (χ1n) is 5.99. The molecule has 0 saturated heterocycles. The van der Waals surface area contributed by atoms with E-state index in [-0.39, 0.29) is 0 Å². The lowest BCUT2D eigenvalue weighted by Gasteiger charge is -2.24. The van der Waals surface area contributed by atoms with Crippen LogP contribution in [0.2, 0.25) is 0 Å². The van der Waals surface area contributed by atoms with Gasteiger partial charge in [0.2, 0.25) is 0 Å². The number of hydrogen-bond donors (Lipinski definition) is 0. The number of carbonyl (C=O) groups excluding carboxylic acids is 1. The third-order valence-electron chi connectivity index (χ3n) is 3.25. The highest BCUT2D eigenvalue weighted by Gasteiger charge is 2.33. The van der Waals surface area contributed by atoms with E-state index in [4.69, 9.17) is 0 Å². The van der Waals surface area contributed by atoms with Crippen molar-refractivity contribution in [3.05, 3.63) is 71.3 Å². The van der Waals surface area contributed by atoms with Crippen LogP contribution >= 0.6 is 0 Å². The fourth-order valence-electron chi connectivity index (χ4n) is 2.01. The van der Waals surface area contributed by atoms with E-state index in [0.717, 1.165) is 17.7 Å². The molecular weight excluding hydrogens is 246 g/mol. The summed E-state index contributed by atoms with van der Waals surface area (Å²) in [6, 6.07) is 12.4. The van der Waals surface area contributed by atoms with Gasteiger partial charge >= 0.3 is 0 Å². The Labute approximate surface area is 110 Å². The van der Waals surface area contributed by atoms with Crippen LogP contribution in [-0.4, -0.2) is 5.78 Å². The lowest BCUT2D eigenvalue weighted by molar-refractivity contribution is 0.0900.